The van der Waals surface area contributed by atoms with E-state index in [9.17, 15) is 23.2 Å². The monoisotopic (exact) mass is 1330 g/mol. The Kier molecular flexibility index (Phi) is 22.2. The minimum Gasteiger partial charge on any atom is -0.594 e. The largest absolute Gasteiger partial charge is 0.594 e. The third-order valence-electron chi connectivity index (χ3n) is 14.3. The first-order valence-electron chi connectivity index (χ1n) is 28.9. The number of nitrogens with two attached hydrogens (primary N) is 2. The highest BCUT2D eigenvalue weighted by Gasteiger charge is 2.26. The fourth-order valence-electron chi connectivity index (χ4n) is 9.65. The Balaban J connectivity index is 0.000000152. The molecule has 4 heterocycles. The summed E-state index contributed by atoms with van der Waals surface area (Å²) >= 11 is 24.2. The number of hydrogen-bond donors (Lipinski definition) is 8. The summed E-state index contributed by atoms with van der Waals surface area (Å²) in [5, 5.41) is 52.3. The van der Waals surface area contributed by atoms with Gasteiger partial charge in [-0.3, -0.25) is 9.59 Å². The van der Waals surface area contributed by atoms with Gasteiger partial charge in [-0.15, -0.1) is 20.4 Å². The molecule has 470 valence electrons. The SMILES string of the molecule is NCCC(C(=O)Nc1ccc(Nc2nc3ccccc3[n+]([O-])n2)cc1)c1ccc(Cl)c(Cl)c1.NCCC(C(=O)Nc1ccc(Nc2nnc3ccccc3n2)cc1)c1ccc(Cl)c(Cl)c1.O=S(=O)(c1ccc(Nc2nnc3ccccc3n2)cc1)N1CCCNCC1. The van der Waals surface area contributed by atoms with Crippen molar-refractivity contribution in [1.82, 2.24) is 50.1 Å². The quantitative estimate of drug-likeness (QED) is 0.0292. The highest BCUT2D eigenvalue weighted by Crippen LogP contribution is 2.32. The maximum atomic E-state index is 12.9. The summed E-state index contributed by atoms with van der Waals surface area (Å²) in [4.78, 5) is 39.8. The molecule has 92 heavy (non-hydrogen) atoms. The number of hydrogen-bond acceptors (Lipinski definition) is 19. The Labute approximate surface area is 549 Å². The molecule has 2 atom stereocenters. The van der Waals surface area contributed by atoms with Crippen molar-refractivity contribution in [2.45, 2.75) is 36.0 Å². The fourth-order valence-corrected chi connectivity index (χ4v) is 11.7. The molecule has 10 N–H and O–H groups in total. The second-order valence-corrected chi connectivity index (χ2v) is 24.3. The molecule has 28 heteroatoms. The van der Waals surface area contributed by atoms with E-state index < -0.39 is 21.9 Å². The molecule has 1 saturated heterocycles. The smallest absolute Gasteiger partial charge is 0.295 e. The third kappa shape index (κ3) is 17.2. The van der Waals surface area contributed by atoms with Crippen LogP contribution in [0.15, 0.2) is 187 Å². The number of carbonyl (C=O) groups excluding carboxylic acids is 2. The highest BCUT2D eigenvalue weighted by atomic mass is 35.5. The first-order valence-corrected chi connectivity index (χ1v) is 31.9. The molecule has 3 aromatic heterocycles. The molecule has 0 aliphatic carbocycles. The fraction of sp³-hybridized carbons (Fsp3) is 0.172. The number of nitrogens with zero attached hydrogens (tertiary/aromatic N) is 10. The van der Waals surface area contributed by atoms with Crippen LogP contribution in [-0.4, -0.2) is 104 Å². The first kappa shape index (κ1) is 65.6. The van der Waals surface area contributed by atoms with E-state index in [0.29, 0.717) is 116 Å². The molecular weight excluding hydrogens is 1270 g/mol. The van der Waals surface area contributed by atoms with Crippen molar-refractivity contribution in [3.63, 3.8) is 0 Å². The van der Waals surface area contributed by atoms with Gasteiger partial charge in [0, 0.05) is 54.1 Å². The van der Waals surface area contributed by atoms with Gasteiger partial charge >= 0.3 is 0 Å². The number of fused-ring (bicyclic) bond motifs is 3. The Morgan fingerprint density at radius 2 is 0.935 bits per heavy atom. The summed E-state index contributed by atoms with van der Waals surface area (Å²) in [5.74, 6) is -0.360. The lowest BCUT2D eigenvalue weighted by atomic mass is 9.94. The van der Waals surface area contributed by atoms with Gasteiger partial charge in [0.15, 0.2) is 0 Å². The maximum Gasteiger partial charge on any atom is 0.295 e. The van der Waals surface area contributed by atoms with Crippen molar-refractivity contribution in [1.29, 1.82) is 0 Å². The molecule has 0 spiro atoms. The van der Waals surface area contributed by atoms with Crippen molar-refractivity contribution in [2.75, 3.05) is 65.9 Å². The second-order valence-electron chi connectivity index (χ2n) is 20.7. The molecule has 12 rings (SSSR count). The number of sulfonamides is 1. The number of carbonyl (C=O) groups is 2. The van der Waals surface area contributed by atoms with Crippen LogP contribution in [0.3, 0.4) is 0 Å². The molecule has 2 amide bonds. The van der Waals surface area contributed by atoms with E-state index in [1.807, 2.05) is 60.7 Å². The molecule has 0 radical (unpaired) electrons. The molecule has 0 bridgehead atoms. The van der Waals surface area contributed by atoms with E-state index >= 15 is 0 Å². The molecule has 1 fully saturated rings. The van der Waals surface area contributed by atoms with E-state index in [1.165, 1.54) is 4.31 Å². The average molecular weight is 1340 g/mol. The Morgan fingerprint density at radius 3 is 1.41 bits per heavy atom. The summed E-state index contributed by atoms with van der Waals surface area (Å²) in [6.45, 7) is 3.23. The van der Waals surface area contributed by atoms with Gasteiger partial charge in [0.1, 0.15) is 16.6 Å². The van der Waals surface area contributed by atoms with Gasteiger partial charge in [-0.2, -0.15) is 4.31 Å². The topological polar surface area (TPSA) is 326 Å². The summed E-state index contributed by atoms with van der Waals surface area (Å²) in [7, 11) is -3.48. The molecule has 23 nitrogen and oxygen atoms in total. The predicted octanol–water partition coefficient (Wildman–Crippen LogP) is 11.3. The Morgan fingerprint density at radius 1 is 0.511 bits per heavy atom. The molecule has 8 aromatic carbocycles. The van der Waals surface area contributed by atoms with Gasteiger partial charge in [-0.05, 0) is 182 Å². The summed E-state index contributed by atoms with van der Waals surface area (Å²) < 4.78 is 27.1. The van der Waals surface area contributed by atoms with Gasteiger partial charge in [0.2, 0.25) is 33.7 Å². The minimum atomic E-state index is -3.48. The van der Waals surface area contributed by atoms with Crippen LogP contribution in [0.5, 0.6) is 0 Å². The zero-order valence-electron chi connectivity index (χ0n) is 48.9. The summed E-state index contributed by atoms with van der Waals surface area (Å²) in [6.07, 6.45) is 1.75. The Bertz CT molecular complexity index is 4480. The number of nitrogens with one attached hydrogen (secondary N) is 6. The summed E-state index contributed by atoms with van der Waals surface area (Å²) in [5.41, 5.74) is 20.2. The number of anilines is 8. The number of amides is 2. The predicted molar refractivity (Wildman–Crippen MR) is 362 cm³/mol. The summed E-state index contributed by atoms with van der Waals surface area (Å²) in [6, 6.07) is 53.1. The van der Waals surface area contributed by atoms with Crippen molar-refractivity contribution in [3.8, 4) is 0 Å². The van der Waals surface area contributed by atoms with Gasteiger partial charge < -0.3 is 48.6 Å². The number of para-hydroxylation sites is 4. The van der Waals surface area contributed by atoms with Crippen LogP contribution in [-0.2, 0) is 19.6 Å². The molecule has 0 saturated carbocycles. The second kappa shape index (κ2) is 31.1. The lowest BCUT2D eigenvalue weighted by molar-refractivity contribution is -0.641. The lowest BCUT2D eigenvalue weighted by Gasteiger charge is -2.19. The van der Waals surface area contributed by atoms with Crippen LogP contribution in [0.4, 0.5) is 46.3 Å². The number of rotatable bonds is 18. The van der Waals surface area contributed by atoms with Crippen molar-refractivity contribution < 1.29 is 22.9 Å². The number of halogens is 4. The molecule has 2 unspecified atom stereocenters. The zero-order valence-corrected chi connectivity index (χ0v) is 52.8. The Hall–Kier alpha value is -9.34. The van der Waals surface area contributed by atoms with Crippen molar-refractivity contribution in [3.05, 3.63) is 218 Å². The van der Waals surface area contributed by atoms with Gasteiger partial charge in [0.05, 0.1) is 53.0 Å². The van der Waals surface area contributed by atoms with E-state index in [-0.39, 0.29) is 22.7 Å². The van der Waals surface area contributed by atoms with Crippen LogP contribution < -0.4 is 48.2 Å². The van der Waals surface area contributed by atoms with Crippen LogP contribution in [0.2, 0.25) is 20.1 Å². The van der Waals surface area contributed by atoms with Crippen LogP contribution >= 0.6 is 46.4 Å². The number of benzene rings is 8. The van der Waals surface area contributed by atoms with E-state index in [4.69, 9.17) is 57.9 Å². The first-order chi connectivity index (χ1) is 44.6. The standard InChI is InChI=1S/C23H20Cl2N6O2.C23H20Cl2N6O.C18H20N6O2S/c24-18-10-5-14(13-19(18)25)17(11-12-26)22(32)27-15-6-8-16(9-7-15)28-23-29-20-3-1-2-4-21(20)31(33)30-23;24-18-10-5-14(13-19(18)25)17(11-12-26)22(32)27-15-6-8-16(9-7-15)28-23-29-20-3-1-2-4-21(20)30-31-23;25-27(26,24-12-3-10-19-11-13-24)15-8-6-14(7-9-15)20-18-21-16-4-1-2-5-17(16)22-23-18/h1-10,13,17H,11-12,26H2,(H,27,32)(H,28,29,30);1-10,13,17H,11-12,26H2,(H,27,32)(H,28,29,31);1-2,4-9,19H,3,10-13H2,(H,20,21,23). The highest BCUT2D eigenvalue weighted by molar-refractivity contribution is 7.89. The molecular formula is C64H60Cl4N18O5S. The van der Waals surface area contributed by atoms with Crippen LogP contribution in [0.1, 0.15) is 42.2 Å². The van der Waals surface area contributed by atoms with Crippen molar-refractivity contribution in [2.24, 2.45) is 11.5 Å². The maximum absolute atomic E-state index is 12.9. The van der Waals surface area contributed by atoms with Crippen LogP contribution in [0.25, 0.3) is 33.1 Å². The third-order valence-corrected chi connectivity index (χ3v) is 17.7. The minimum absolute atomic E-state index is 0.170. The van der Waals surface area contributed by atoms with Gasteiger partial charge in [0.25, 0.3) is 11.5 Å². The lowest BCUT2D eigenvalue weighted by Crippen LogP contribution is -2.34. The molecule has 1 aliphatic rings. The average Bonchev–Trinajstić information content (AvgIpc) is 1.75. The normalized spacial score (nSPS) is 13.1. The molecule has 1 aliphatic heterocycles. The molecule has 11 aromatic rings. The zero-order chi connectivity index (χ0) is 64.6. The number of aromatic nitrogens is 9. The van der Waals surface area contributed by atoms with E-state index in [1.54, 1.807) is 121 Å². The van der Waals surface area contributed by atoms with Gasteiger partial charge in [-0.25, -0.2) is 23.4 Å². The van der Waals surface area contributed by atoms with Gasteiger partial charge in [-0.1, -0.05) is 94.9 Å². The van der Waals surface area contributed by atoms with E-state index in [0.717, 1.165) is 51.8 Å². The van der Waals surface area contributed by atoms with E-state index in [2.05, 4.69) is 72.3 Å². The van der Waals surface area contributed by atoms with Crippen LogP contribution in [0, 0.1) is 5.21 Å². The van der Waals surface area contributed by atoms with Crippen molar-refractivity contribution >= 4 is 148 Å².